The summed E-state index contributed by atoms with van der Waals surface area (Å²) in [5.74, 6) is -0.553. The number of halogens is 1. The van der Waals surface area contributed by atoms with Crippen LogP contribution < -0.4 is 0 Å². The summed E-state index contributed by atoms with van der Waals surface area (Å²) in [6.07, 6.45) is 3.45. The molecule has 1 aliphatic heterocycles. The summed E-state index contributed by atoms with van der Waals surface area (Å²) >= 11 is 0. The van der Waals surface area contributed by atoms with Gasteiger partial charge in [-0.2, -0.15) is 0 Å². The molecule has 2 aliphatic rings. The Morgan fingerprint density at radius 3 is 2.95 bits per heavy atom. The summed E-state index contributed by atoms with van der Waals surface area (Å²) in [6, 6.07) is 1.40. The van der Waals surface area contributed by atoms with Crippen LogP contribution >= 0.6 is 0 Å². The Labute approximate surface area is 110 Å². The van der Waals surface area contributed by atoms with Crippen LogP contribution in [0.2, 0.25) is 0 Å². The molecule has 4 rings (SSSR count). The molecular formula is C12H14FN3O2S. The fourth-order valence-corrected chi connectivity index (χ4v) is 4.98. The Bertz CT molecular complexity index is 769. The molecule has 2 atom stereocenters. The Kier molecular flexibility index (Phi) is 2.47. The van der Waals surface area contributed by atoms with E-state index in [0.29, 0.717) is 12.1 Å². The lowest BCUT2D eigenvalue weighted by Gasteiger charge is -2.14. The van der Waals surface area contributed by atoms with Crippen LogP contribution in [0.25, 0.3) is 5.52 Å². The normalized spacial score (nSPS) is 27.0. The SMILES string of the molecule is C.O=S1(=O)c2ncc3c(F)cc(n3n2)C2CCCC21. The second-order valence-corrected chi connectivity index (χ2v) is 6.94. The minimum Gasteiger partial charge on any atom is -0.230 e. The number of fused-ring (bicyclic) bond motifs is 3. The first-order valence-electron chi connectivity index (χ1n) is 5.87. The molecule has 3 heterocycles. The minimum atomic E-state index is -3.48. The van der Waals surface area contributed by atoms with E-state index in [9.17, 15) is 12.8 Å². The average molecular weight is 283 g/mol. The molecular weight excluding hydrogens is 269 g/mol. The van der Waals surface area contributed by atoms with Crippen molar-refractivity contribution in [2.75, 3.05) is 0 Å². The third kappa shape index (κ3) is 1.42. The molecule has 1 fully saturated rings. The van der Waals surface area contributed by atoms with Gasteiger partial charge in [0, 0.05) is 5.92 Å². The Morgan fingerprint density at radius 2 is 2.16 bits per heavy atom. The molecule has 1 saturated carbocycles. The highest BCUT2D eigenvalue weighted by Crippen LogP contribution is 2.42. The van der Waals surface area contributed by atoms with E-state index in [1.807, 2.05) is 0 Å². The highest BCUT2D eigenvalue weighted by atomic mass is 32.2. The first kappa shape index (κ1) is 12.5. The van der Waals surface area contributed by atoms with Crippen LogP contribution in [0.1, 0.15) is 38.3 Å². The van der Waals surface area contributed by atoms with Crippen molar-refractivity contribution in [3.63, 3.8) is 0 Å². The Balaban J connectivity index is 0.00000110. The van der Waals surface area contributed by atoms with Crippen LogP contribution in [0.3, 0.4) is 0 Å². The third-order valence-electron chi connectivity index (χ3n) is 3.96. The van der Waals surface area contributed by atoms with E-state index in [2.05, 4.69) is 10.1 Å². The van der Waals surface area contributed by atoms with E-state index >= 15 is 0 Å². The molecule has 1 aliphatic carbocycles. The highest BCUT2D eigenvalue weighted by molar-refractivity contribution is 7.91. The van der Waals surface area contributed by atoms with E-state index in [-0.39, 0.29) is 29.8 Å². The molecule has 0 aromatic carbocycles. The van der Waals surface area contributed by atoms with Crippen molar-refractivity contribution in [3.8, 4) is 0 Å². The van der Waals surface area contributed by atoms with Crippen LogP contribution in [0, 0.1) is 5.82 Å². The molecule has 0 N–H and O–H groups in total. The molecule has 2 aromatic heterocycles. The van der Waals surface area contributed by atoms with Gasteiger partial charge in [0.25, 0.3) is 5.16 Å². The first-order chi connectivity index (χ1) is 8.59. The summed E-state index contributed by atoms with van der Waals surface area (Å²) in [7, 11) is -3.48. The van der Waals surface area contributed by atoms with Gasteiger partial charge in [0.2, 0.25) is 9.84 Å². The number of aromatic nitrogens is 3. The van der Waals surface area contributed by atoms with Crippen molar-refractivity contribution < 1.29 is 12.8 Å². The van der Waals surface area contributed by atoms with E-state index in [4.69, 9.17) is 0 Å². The Hall–Kier alpha value is -1.50. The second-order valence-electron chi connectivity index (χ2n) is 4.88. The zero-order chi connectivity index (χ0) is 12.5. The predicted molar refractivity (Wildman–Crippen MR) is 67.2 cm³/mol. The summed E-state index contributed by atoms with van der Waals surface area (Å²) < 4.78 is 39.9. The maximum atomic E-state index is 13.7. The number of hydrogen-bond acceptors (Lipinski definition) is 4. The molecule has 0 amide bonds. The van der Waals surface area contributed by atoms with Crippen molar-refractivity contribution in [2.24, 2.45) is 0 Å². The number of rotatable bonds is 0. The van der Waals surface area contributed by atoms with Crippen molar-refractivity contribution >= 4 is 15.4 Å². The molecule has 5 nitrogen and oxygen atoms in total. The predicted octanol–water partition coefficient (Wildman–Crippen LogP) is 1.93. The van der Waals surface area contributed by atoms with Crippen LogP contribution in [0.4, 0.5) is 4.39 Å². The van der Waals surface area contributed by atoms with Crippen LogP contribution in [-0.2, 0) is 9.84 Å². The number of nitrogens with zero attached hydrogens (tertiary/aromatic N) is 3. The van der Waals surface area contributed by atoms with Crippen LogP contribution in [0.15, 0.2) is 17.4 Å². The van der Waals surface area contributed by atoms with Gasteiger partial charge in [0.05, 0.1) is 17.1 Å². The van der Waals surface area contributed by atoms with Gasteiger partial charge in [-0.3, -0.25) is 0 Å². The van der Waals surface area contributed by atoms with E-state index < -0.39 is 15.1 Å². The summed E-state index contributed by atoms with van der Waals surface area (Å²) in [4.78, 5) is 3.82. The molecule has 2 unspecified atom stereocenters. The molecule has 19 heavy (non-hydrogen) atoms. The standard InChI is InChI=1S/C11H10FN3O2S.CH4/c12-7-4-8-6-2-1-3-10(6)18(16,17)11-13-5-9(7)15(8)14-11;/h4-6,10H,1-3H2;1H4. The largest absolute Gasteiger partial charge is 0.266 e. The molecule has 0 saturated heterocycles. The maximum absolute atomic E-state index is 13.7. The summed E-state index contributed by atoms with van der Waals surface area (Å²) in [6.45, 7) is 0. The van der Waals surface area contributed by atoms with Crippen molar-refractivity contribution in [1.82, 2.24) is 14.6 Å². The molecule has 0 radical (unpaired) electrons. The summed E-state index contributed by atoms with van der Waals surface area (Å²) in [5, 5.41) is 3.31. The van der Waals surface area contributed by atoms with Crippen molar-refractivity contribution in [2.45, 2.75) is 43.0 Å². The fraction of sp³-hybridized carbons (Fsp3) is 0.500. The third-order valence-corrected chi connectivity index (χ3v) is 6.02. The number of sulfone groups is 1. The van der Waals surface area contributed by atoms with Crippen LogP contribution in [-0.4, -0.2) is 28.3 Å². The Morgan fingerprint density at radius 1 is 1.37 bits per heavy atom. The zero-order valence-electron chi connectivity index (χ0n) is 9.38. The van der Waals surface area contributed by atoms with Crippen LogP contribution in [0.5, 0.6) is 0 Å². The van der Waals surface area contributed by atoms with Gasteiger partial charge >= 0.3 is 0 Å². The van der Waals surface area contributed by atoms with Gasteiger partial charge in [-0.1, -0.05) is 13.8 Å². The van der Waals surface area contributed by atoms with E-state index in [1.165, 1.54) is 16.8 Å². The maximum Gasteiger partial charge on any atom is 0.266 e. The van der Waals surface area contributed by atoms with Gasteiger partial charge in [-0.25, -0.2) is 22.3 Å². The van der Waals surface area contributed by atoms with Gasteiger partial charge in [-0.15, -0.1) is 5.10 Å². The topological polar surface area (TPSA) is 64.3 Å². The monoisotopic (exact) mass is 283 g/mol. The quantitative estimate of drug-likeness (QED) is 0.741. The molecule has 102 valence electrons. The average Bonchev–Trinajstić information content (AvgIpc) is 2.92. The van der Waals surface area contributed by atoms with Gasteiger partial charge in [0.15, 0.2) is 5.82 Å². The molecule has 0 spiro atoms. The molecule has 2 aromatic rings. The fourth-order valence-electron chi connectivity index (χ4n) is 3.13. The second kappa shape index (κ2) is 3.75. The zero-order valence-corrected chi connectivity index (χ0v) is 10.2. The van der Waals surface area contributed by atoms with E-state index in [0.717, 1.165) is 12.8 Å². The van der Waals surface area contributed by atoms with Crippen molar-refractivity contribution in [1.29, 1.82) is 0 Å². The van der Waals surface area contributed by atoms with E-state index in [1.54, 1.807) is 0 Å². The minimum absolute atomic E-state index is 0. The number of hydrogen-bond donors (Lipinski definition) is 0. The lowest BCUT2D eigenvalue weighted by Crippen LogP contribution is -2.24. The summed E-state index contributed by atoms with van der Waals surface area (Å²) in [5.41, 5.74) is 0.909. The smallest absolute Gasteiger partial charge is 0.230 e. The molecule has 2 bridgehead atoms. The molecule has 7 heteroatoms. The first-order valence-corrected chi connectivity index (χ1v) is 7.42. The van der Waals surface area contributed by atoms with Gasteiger partial charge in [0.1, 0.15) is 5.52 Å². The van der Waals surface area contributed by atoms with Gasteiger partial charge < -0.3 is 0 Å². The highest BCUT2D eigenvalue weighted by Gasteiger charge is 2.44. The van der Waals surface area contributed by atoms with Gasteiger partial charge in [-0.05, 0) is 18.9 Å². The lowest BCUT2D eigenvalue weighted by atomic mass is 10.0. The lowest BCUT2D eigenvalue weighted by molar-refractivity contribution is 0.563. The van der Waals surface area contributed by atoms with Crippen molar-refractivity contribution in [3.05, 3.63) is 23.8 Å².